The van der Waals surface area contributed by atoms with Crippen molar-refractivity contribution in [2.24, 2.45) is 0 Å². The number of benzene rings is 1. The number of likely N-dealkylation sites (tertiary alicyclic amines) is 1. The predicted molar refractivity (Wildman–Crippen MR) is 76.7 cm³/mol. The van der Waals surface area contributed by atoms with E-state index in [0.29, 0.717) is 0 Å². The highest BCUT2D eigenvalue weighted by Crippen LogP contribution is 2.12. The van der Waals surface area contributed by atoms with E-state index < -0.39 is 0 Å². The quantitative estimate of drug-likeness (QED) is 0.590. The van der Waals surface area contributed by atoms with Crippen LogP contribution in [0, 0.1) is 6.92 Å². The summed E-state index contributed by atoms with van der Waals surface area (Å²) >= 11 is 0. The monoisotopic (exact) mass is 244 g/mol. The maximum Gasteiger partial charge on any atom is 0.114 e. The highest BCUT2D eigenvalue weighted by molar-refractivity contribution is 6.33. The molecule has 1 fully saturated rings. The lowest BCUT2D eigenvalue weighted by atomic mass is 9.90. The van der Waals surface area contributed by atoms with E-state index in [0.717, 1.165) is 55.7 Å². The second-order valence-corrected chi connectivity index (χ2v) is 5.04. The van der Waals surface area contributed by atoms with Crippen molar-refractivity contribution in [2.75, 3.05) is 31.5 Å². The average Bonchev–Trinajstić information content (AvgIpc) is 2.76. The Morgan fingerprint density at radius 2 is 2.33 bits per heavy atom. The van der Waals surface area contributed by atoms with Gasteiger partial charge >= 0.3 is 0 Å². The van der Waals surface area contributed by atoms with Crippen molar-refractivity contribution < 1.29 is 5.11 Å². The fourth-order valence-electron chi connectivity index (χ4n) is 2.39. The molecule has 2 radical (unpaired) electrons. The number of rotatable bonds is 5. The van der Waals surface area contributed by atoms with Crippen molar-refractivity contribution in [2.45, 2.75) is 25.9 Å². The molecule has 4 heteroatoms. The topological polar surface area (TPSA) is 35.5 Å². The minimum Gasteiger partial charge on any atom is -0.392 e. The van der Waals surface area contributed by atoms with E-state index in [2.05, 4.69) is 16.3 Å². The van der Waals surface area contributed by atoms with Gasteiger partial charge in [-0.25, -0.2) is 0 Å². The Morgan fingerprint density at radius 1 is 1.50 bits per heavy atom. The third kappa shape index (κ3) is 3.50. The highest BCUT2D eigenvalue weighted by Gasteiger charge is 2.18. The van der Waals surface area contributed by atoms with E-state index in [4.69, 9.17) is 7.85 Å². The van der Waals surface area contributed by atoms with Gasteiger partial charge in [0.2, 0.25) is 0 Å². The van der Waals surface area contributed by atoms with Gasteiger partial charge < -0.3 is 15.3 Å². The van der Waals surface area contributed by atoms with Crippen LogP contribution in [0.15, 0.2) is 18.2 Å². The molecule has 1 aromatic rings. The van der Waals surface area contributed by atoms with Crippen molar-refractivity contribution in [1.82, 2.24) is 4.90 Å². The summed E-state index contributed by atoms with van der Waals surface area (Å²) in [4.78, 5) is 2.32. The first-order valence-corrected chi connectivity index (χ1v) is 6.66. The van der Waals surface area contributed by atoms with Crippen LogP contribution < -0.4 is 10.8 Å². The number of aliphatic hydroxyl groups is 1. The highest BCUT2D eigenvalue weighted by atomic mass is 16.3. The van der Waals surface area contributed by atoms with Crippen LogP contribution in [0.4, 0.5) is 5.69 Å². The van der Waals surface area contributed by atoms with E-state index in [-0.39, 0.29) is 6.10 Å². The first kappa shape index (κ1) is 13.4. The number of nitrogens with zero attached hydrogens (tertiary/aromatic N) is 1. The summed E-state index contributed by atoms with van der Waals surface area (Å²) in [5.74, 6) is 0. The molecule has 1 heterocycles. The van der Waals surface area contributed by atoms with Crippen LogP contribution in [0.25, 0.3) is 0 Å². The molecular formula is C14H21BN2O. The molecule has 1 unspecified atom stereocenters. The molecule has 0 amide bonds. The lowest BCUT2D eigenvalue weighted by molar-refractivity contribution is 0.176. The molecule has 0 saturated carbocycles. The molecule has 3 nitrogen and oxygen atoms in total. The first-order chi connectivity index (χ1) is 8.66. The van der Waals surface area contributed by atoms with E-state index in [9.17, 15) is 5.11 Å². The van der Waals surface area contributed by atoms with Crippen LogP contribution in [0.3, 0.4) is 0 Å². The van der Waals surface area contributed by atoms with Gasteiger partial charge in [0.05, 0.1) is 6.10 Å². The van der Waals surface area contributed by atoms with Crippen molar-refractivity contribution >= 4 is 19.0 Å². The van der Waals surface area contributed by atoms with Crippen LogP contribution >= 0.6 is 0 Å². The summed E-state index contributed by atoms with van der Waals surface area (Å²) in [6.07, 6.45) is 1.89. The molecule has 0 aromatic heterocycles. The number of nitrogens with one attached hydrogen (secondary N) is 1. The van der Waals surface area contributed by atoms with Gasteiger partial charge in [0, 0.05) is 25.3 Å². The summed E-state index contributed by atoms with van der Waals surface area (Å²) in [6, 6.07) is 5.96. The standard InChI is InChI=1S/C14H21BN2O/c1-11-13(15)4-2-5-14(11)16-7-3-8-17-9-6-12(18)10-17/h2,4-5,12,16,18H,3,6-10H2,1H3. The van der Waals surface area contributed by atoms with Gasteiger partial charge in [-0.05, 0) is 37.9 Å². The van der Waals surface area contributed by atoms with E-state index in [1.165, 1.54) is 0 Å². The maximum absolute atomic E-state index is 9.43. The summed E-state index contributed by atoms with van der Waals surface area (Å²) in [5.41, 5.74) is 3.08. The maximum atomic E-state index is 9.43. The minimum absolute atomic E-state index is 0.117. The van der Waals surface area contributed by atoms with Crippen LogP contribution in [0.2, 0.25) is 0 Å². The summed E-state index contributed by atoms with van der Waals surface area (Å²) in [5, 5.41) is 12.8. The molecule has 0 aliphatic carbocycles. The molecular weight excluding hydrogens is 223 g/mol. The number of anilines is 1. The van der Waals surface area contributed by atoms with Crippen LogP contribution in [0.1, 0.15) is 18.4 Å². The van der Waals surface area contributed by atoms with Gasteiger partial charge in [-0.1, -0.05) is 17.6 Å². The molecule has 1 atom stereocenters. The zero-order valence-corrected chi connectivity index (χ0v) is 11.0. The Balaban J connectivity index is 1.70. The molecule has 0 bridgehead atoms. The molecule has 2 rings (SSSR count). The second kappa shape index (κ2) is 6.25. The largest absolute Gasteiger partial charge is 0.392 e. The molecule has 2 N–H and O–H groups in total. The van der Waals surface area contributed by atoms with Gasteiger partial charge in [0.15, 0.2) is 0 Å². The molecule has 1 aliphatic heterocycles. The van der Waals surface area contributed by atoms with Gasteiger partial charge in [-0.15, -0.1) is 0 Å². The lowest BCUT2D eigenvalue weighted by Gasteiger charge is -2.16. The third-order valence-corrected chi connectivity index (χ3v) is 3.59. The van der Waals surface area contributed by atoms with Crippen molar-refractivity contribution in [3.8, 4) is 0 Å². The molecule has 0 spiro atoms. The number of aliphatic hydroxyl groups excluding tert-OH is 1. The molecule has 1 aliphatic rings. The van der Waals surface area contributed by atoms with Crippen LogP contribution in [-0.2, 0) is 0 Å². The second-order valence-electron chi connectivity index (χ2n) is 5.04. The van der Waals surface area contributed by atoms with Gasteiger partial charge in [-0.2, -0.15) is 0 Å². The summed E-state index contributed by atoms with van der Waals surface area (Å²) in [6.45, 7) is 5.88. The Bertz CT molecular complexity index is 397. The first-order valence-electron chi connectivity index (χ1n) is 6.66. The normalized spacial score (nSPS) is 20.2. The molecule has 1 saturated heterocycles. The van der Waals surface area contributed by atoms with Crippen LogP contribution in [0.5, 0.6) is 0 Å². The fourth-order valence-corrected chi connectivity index (χ4v) is 2.39. The number of hydrogen-bond donors (Lipinski definition) is 2. The predicted octanol–water partition coefficient (Wildman–Crippen LogP) is 0.657. The van der Waals surface area contributed by atoms with Crippen molar-refractivity contribution in [3.05, 3.63) is 23.8 Å². The minimum atomic E-state index is -0.117. The third-order valence-electron chi connectivity index (χ3n) is 3.59. The van der Waals surface area contributed by atoms with E-state index >= 15 is 0 Å². The molecule has 96 valence electrons. The van der Waals surface area contributed by atoms with Crippen molar-refractivity contribution in [3.63, 3.8) is 0 Å². The Labute approximate surface area is 111 Å². The smallest absolute Gasteiger partial charge is 0.114 e. The Hall–Kier alpha value is -0.995. The zero-order valence-electron chi connectivity index (χ0n) is 11.0. The van der Waals surface area contributed by atoms with Gasteiger partial charge in [0.1, 0.15) is 7.85 Å². The zero-order chi connectivity index (χ0) is 13.0. The van der Waals surface area contributed by atoms with Crippen molar-refractivity contribution in [1.29, 1.82) is 0 Å². The van der Waals surface area contributed by atoms with E-state index in [1.54, 1.807) is 0 Å². The fraction of sp³-hybridized carbons (Fsp3) is 0.571. The summed E-state index contributed by atoms with van der Waals surface area (Å²) < 4.78 is 0. The Kier molecular flexibility index (Phi) is 4.67. The Morgan fingerprint density at radius 3 is 3.06 bits per heavy atom. The van der Waals surface area contributed by atoms with E-state index in [1.807, 2.05) is 19.1 Å². The lowest BCUT2D eigenvalue weighted by Crippen LogP contribution is -2.24. The number of β-amino-alcohol motifs (C(OH)–C–C–N with tert-alkyl or cyclic N) is 1. The van der Waals surface area contributed by atoms with Crippen LogP contribution in [-0.4, -0.2) is 50.1 Å². The van der Waals surface area contributed by atoms with Gasteiger partial charge in [0.25, 0.3) is 0 Å². The summed E-state index contributed by atoms with van der Waals surface area (Å²) in [7, 11) is 5.86. The number of hydrogen-bond acceptors (Lipinski definition) is 3. The van der Waals surface area contributed by atoms with Gasteiger partial charge in [-0.3, -0.25) is 0 Å². The SMILES string of the molecule is [B]c1cccc(NCCCN2CCC(O)C2)c1C. The average molecular weight is 244 g/mol. The molecule has 18 heavy (non-hydrogen) atoms. The molecule has 1 aromatic carbocycles.